The zero-order chi connectivity index (χ0) is 14.4. The van der Waals surface area contributed by atoms with Crippen LogP contribution in [0.3, 0.4) is 0 Å². The van der Waals surface area contributed by atoms with Gasteiger partial charge in [-0.3, -0.25) is 0 Å². The minimum atomic E-state index is 0.340. The third-order valence-corrected chi connectivity index (χ3v) is 4.24. The van der Waals surface area contributed by atoms with Crippen LogP contribution in [0.2, 0.25) is 0 Å². The molecule has 0 aliphatic carbocycles. The van der Waals surface area contributed by atoms with Gasteiger partial charge in [-0.25, -0.2) is 9.97 Å². The average molecular weight is 352 g/mol. The van der Waals surface area contributed by atoms with E-state index >= 15 is 0 Å². The second-order valence-corrected chi connectivity index (χ2v) is 6.48. The van der Waals surface area contributed by atoms with Crippen molar-refractivity contribution >= 4 is 27.7 Å². The predicted molar refractivity (Wildman–Crippen MR) is 87.0 cm³/mol. The monoisotopic (exact) mass is 351 g/mol. The van der Waals surface area contributed by atoms with Crippen LogP contribution in [0.1, 0.15) is 31.9 Å². The molecule has 0 aromatic carbocycles. The van der Waals surface area contributed by atoms with Gasteiger partial charge in [0.1, 0.15) is 10.1 Å². The fraction of sp³-hybridized carbons (Fsp3) is 0.333. The van der Waals surface area contributed by atoms with E-state index in [-0.39, 0.29) is 0 Å². The van der Waals surface area contributed by atoms with Crippen molar-refractivity contribution in [3.05, 3.63) is 46.7 Å². The highest BCUT2D eigenvalue weighted by Crippen LogP contribution is 2.25. The first kappa shape index (κ1) is 15.5. The molecule has 1 unspecified atom stereocenters. The van der Waals surface area contributed by atoms with Gasteiger partial charge in [0.25, 0.3) is 0 Å². The highest BCUT2D eigenvalue weighted by molar-refractivity contribution is 9.10. The van der Waals surface area contributed by atoms with E-state index in [1.54, 1.807) is 18.0 Å². The fourth-order valence-corrected chi connectivity index (χ4v) is 2.65. The van der Waals surface area contributed by atoms with Crippen molar-refractivity contribution < 1.29 is 0 Å². The molecule has 0 saturated heterocycles. The van der Waals surface area contributed by atoms with E-state index in [0.717, 1.165) is 27.5 Å². The molecule has 2 heterocycles. The lowest BCUT2D eigenvalue weighted by Gasteiger charge is -2.13. The molecule has 0 aliphatic heterocycles. The molecule has 20 heavy (non-hydrogen) atoms. The largest absolute Gasteiger partial charge is 0.310 e. The molecular weight excluding hydrogens is 334 g/mol. The van der Waals surface area contributed by atoms with Gasteiger partial charge < -0.3 is 5.32 Å². The topological polar surface area (TPSA) is 37.8 Å². The Morgan fingerprint density at radius 3 is 2.40 bits per heavy atom. The highest BCUT2D eigenvalue weighted by atomic mass is 79.9. The zero-order valence-corrected chi connectivity index (χ0v) is 14.0. The second kappa shape index (κ2) is 7.76. The highest BCUT2D eigenvalue weighted by Gasteiger charge is 2.06. The molecule has 0 amide bonds. The van der Waals surface area contributed by atoms with E-state index in [4.69, 9.17) is 0 Å². The molecule has 5 heteroatoms. The number of pyridine rings is 2. The summed E-state index contributed by atoms with van der Waals surface area (Å²) in [4.78, 5) is 8.83. The number of nitrogens with one attached hydrogen (secondary N) is 1. The summed E-state index contributed by atoms with van der Waals surface area (Å²) in [6, 6.07) is 8.48. The Morgan fingerprint density at radius 2 is 1.85 bits per heavy atom. The number of hydrogen-bond acceptors (Lipinski definition) is 4. The van der Waals surface area contributed by atoms with Crippen LogP contribution in [0.25, 0.3) is 0 Å². The van der Waals surface area contributed by atoms with Crippen LogP contribution in [0.5, 0.6) is 0 Å². The van der Waals surface area contributed by atoms with E-state index in [2.05, 4.69) is 51.1 Å². The number of hydrogen-bond donors (Lipinski definition) is 1. The van der Waals surface area contributed by atoms with Crippen LogP contribution >= 0.6 is 27.7 Å². The molecular formula is C15H18BrN3S. The van der Waals surface area contributed by atoms with Crippen molar-refractivity contribution in [3.63, 3.8) is 0 Å². The maximum Gasteiger partial charge on any atom is 0.102 e. The molecule has 0 bridgehead atoms. The van der Waals surface area contributed by atoms with Crippen molar-refractivity contribution in [3.8, 4) is 0 Å². The van der Waals surface area contributed by atoms with Gasteiger partial charge in [-0.2, -0.15) is 0 Å². The average Bonchev–Trinajstić information content (AvgIpc) is 2.48. The van der Waals surface area contributed by atoms with Crippen LogP contribution in [0.4, 0.5) is 0 Å². The zero-order valence-electron chi connectivity index (χ0n) is 11.6. The molecule has 0 saturated carbocycles. The SMILES string of the molecule is CCCNC(C)c1ccc(Sc2ccc(Br)cn2)nc1. The van der Waals surface area contributed by atoms with Gasteiger partial charge in [-0.05, 0) is 59.6 Å². The van der Waals surface area contributed by atoms with Gasteiger partial charge in [0.15, 0.2) is 0 Å². The van der Waals surface area contributed by atoms with Crippen LogP contribution in [0.15, 0.2) is 51.2 Å². The molecule has 0 radical (unpaired) electrons. The van der Waals surface area contributed by atoms with Gasteiger partial charge in [0, 0.05) is 22.9 Å². The van der Waals surface area contributed by atoms with Crippen LogP contribution in [-0.4, -0.2) is 16.5 Å². The molecule has 0 fully saturated rings. The third kappa shape index (κ3) is 4.58. The molecule has 1 N–H and O–H groups in total. The summed E-state index contributed by atoms with van der Waals surface area (Å²) < 4.78 is 0.987. The summed E-state index contributed by atoms with van der Waals surface area (Å²) in [5.41, 5.74) is 1.21. The summed E-state index contributed by atoms with van der Waals surface area (Å²) in [6.45, 7) is 5.36. The minimum Gasteiger partial charge on any atom is -0.310 e. The van der Waals surface area contributed by atoms with E-state index in [0.29, 0.717) is 6.04 Å². The van der Waals surface area contributed by atoms with Crippen molar-refractivity contribution in [2.75, 3.05) is 6.54 Å². The fourth-order valence-electron chi connectivity index (χ4n) is 1.72. The normalized spacial score (nSPS) is 12.3. The van der Waals surface area contributed by atoms with E-state index in [9.17, 15) is 0 Å². The van der Waals surface area contributed by atoms with Gasteiger partial charge in [-0.15, -0.1) is 0 Å². The minimum absolute atomic E-state index is 0.340. The first-order valence-corrected chi connectivity index (χ1v) is 8.28. The summed E-state index contributed by atoms with van der Waals surface area (Å²) >= 11 is 4.95. The lowest BCUT2D eigenvalue weighted by molar-refractivity contribution is 0.568. The standard InChI is InChI=1S/C15H18BrN3S/c1-3-8-17-11(2)12-4-6-14(18-9-12)20-15-7-5-13(16)10-19-15/h4-7,9-11,17H,3,8H2,1-2H3. The van der Waals surface area contributed by atoms with Gasteiger partial charge >= 0.3 is 0 Å². The van der Waals surface area contributed by atoms with Crippen LogP contribution in [0, 0.1) is 0 Å². The Hall–Kier alpha value is -0.910. The first-order valence-electron chi connectivity index (χ1n) is 6.67. The number of aromatic nitrogens is 2. The van der Waals surface area contributed by atoms with E-state index in [1.165, 1.54) is 5.56 Å². The van der Waals surface area contributed by atoms with Crippen molar-refractivity contribution in [1.82, 2.24) is 15.3 Å². The number of rotatable bonds is 6. The maximum atomic E-state index is 4.50. The first-order chi connectivity index (χ1) is 9.69. The van der Waals surface area contributed by atoms with E-state index < -0.39 is 0 Å². The summed E-state index contributed by atoms with van der Waals surface area (Å²) in [5, 5.41) is 5.37. The summed E-state index contributed by atoms with van der Waals surface area (Å²) in [6.07, 6.45) is 4.88. The summed E-state index contributed by atoms with van der Waals surface area (Å²) in [5.74, 6) is 0. The molecule has 3 nitrogen and oxygen atoms in total. The van der Waals surface area contributed by atoms with Crippen molar-refractivity contribution in [2.45, 2.75) is 36.4 Å². The van der Waals surface area contributed by atoms with Crippen molar-refractivity contribution in [2.24, 2.45) is 0 Å². The number of halogens is 1. The Balaban J connectivity index is 1.99. The Bertz CT molecular complexity index is 528. The predicted octanol–water partition coefficient (Wildman–Crippen LogP) is 4.45. The molecule has 106 valence electrons. The summed E-state index contributed by atoms with van der Waals surface area (Å²) in [7, 11) is 0. The Labute approximate surface area is 132 Å². The Kier molecular flexibility index (Phi) is 6.01. The molecule has 2 rings (SSSR count). The Morgan fingerprint density at radius 1 is 1.15 bits per heavy atom. The van der Waals surface area contributed by atoms with Crippen LogP contribution in [-0.2, 0) is 0 Å². The maximum absolute atomic E-state index is 4.50. The number of nitrogens with zero attached hydrogens (tertiary/aromatic N) is 2. The van der Waals surface area contributed by atoms with Crippen LogP contribution < -0.4 is 5.32 Å². The lowest BCUT2D eigenvalue weighted by atomic mass is 10.1. The van der Waals surface area contributed by atoms with Gasteiger partial charge in [-0.1, -0.05) is 24.8 Å². The molecule has 2 aromatic rings. The molecule has 2 aromatic heterocycles. The van der Waals surface area contributed by atoms with Crippen molar-refractivity contribution in [1.29, 1.82) is 0 Å². The molecule has 0 spiro atoms. The lowest BCUT2D eigenvalue weighted by Crippen LogP contribution is -2.19. The van der Waals surface area contributed by atoms with Gasteiger partial charge in [0.05, 0.1) is 0 Å². The quantitative estimate of drug-likeness (QED) is 0.834. The van der Waals surface area contributed by atoms with Gasteiger partial charge in [0.2, 0.25) is 0 Å². The third-order valence-electron chi connectivity index (χ3n) is 2.87. The molecule has 0 aliphatic rings. The second-order valence-electron chi connectivity index (χ2n) is 4.52. The molecule has 1 atom stereocenters. The smallest absolute Gasteiger partial charge is 0.102 e. The van der Waals surface area contributed by atoms with E-state index in [1.807, 2.05) is 24.4 Å².